The molecule has 0 bridgehead atoms. The largest absolute Gasteiger partial charge is 0.496 e. The zero-order valence-corrected chi connectivity index (χ0v) is 17.9. The Bertz CT molecular complexity index is 1060. The van der Waals surface area contributed by atoms with E-state index >= 15 is 0 Å². The number of amides is 1. The van der Waals surface area contributed by atoms with E-state index in [0.717, 1.165) is 35.3 Å². The summed E-state index contributed by atoms with van der Waals surface area (Å²) < 4.78 is 7.84. The van der Waals surface area contributed by atoms with Gasteiger partial charge in [-0.2, -0.15) is 0 Å². The number of hydrogen-bond acceptors (Lipinski definition) is 5. The number of rotatable bonds is 6. The summed E-state index contributed by atoms with van der Waals surface area (Å²) >= 11 is 0. The molecular weight excluding hydrogens is 378 g/mol. The van der Waals surface area contributed by atoms with Crippen LogP contribution in [0.1, 0.15) is 35.4 Å². The smallest absolute Gasteiger partial charge is 0.252 e. The molecule has 0 radical (unpaired) electrons. The molecule has 7 heteroatoms. The van der Waals surface area contributed by atoms with Gasteiger partial charge < -0.3 is 19.5 Å². The topological polar surface area (TPSA) is 70.6 Å². The molecule has 0 saturated carbocycles. The van der Waals surface area contributed by atoms with Crippen molar-refractivity contribution < 1.29 is 9.53 Å². The number of anilines is 1. The number of carbonyl (C=O) groups is 1. The quantitative estimate of drug-likeness (QED) is 0.586. The van der Waals surface area contributed by atoms with Gasteiger partial charge in [-0.3, -0.25) is 4.79 Å². The van der Waals surface area contributed by atoms with Crippen LogP contribution < -0.4 is 25.8 Å². The second kappa shape index (κ2) is 8.38. The first kappa shape index (κ1) is 20.3. The molecule has 1 fully saturated rings. The Labute approximate surface area is 177 Å². The van der Waals surface area contributed by atoms with Crippen LogP contribution in [0.15, 0.2) is 48.5 Å². The molecular formula is C23H29N5O2. The third-order valence-electron chi connectivity index (χ3n) is 5.66. The molecule has 2 unspecified atom stereocenters. The van der Waals surface area contributed by atoms with Gasteiger partial charge in [0.15, 0.2) is 0 Å². The summed E-state index contributed by atoms with van der Waals surface area (Å²) in [6, 6.07) is 16.0. The fourth-order valence-corrected chi connectivity index (χ4v) is 4.11. The molecule has 1 saturated heterocycles. The molecule has 3 N–H and O–H groups in total. The standard InChI is InChI=1S/C23H29N5O2/c1-5-28-19-10-7-11-21(30-4)17(19)13-20(28)18-14-22(26-25-18)24-23(29)15-8-6-9-16(12-15)27(2)3/h6-13,18,22,25-26H,5,14H2,1-4H3,(H,24,29). The molecule has 158 valence electrons. The lowest BCUT2D eigenvalue weighted by Crippen LogP contribution is -2.44. The predicted octanol–water partition coefficient (Wildman–Crippen LogP) is 3.03. The fourth-order valence-electron chi connectivity index (χ4n) is 4.11. The number of nitrogens with zero attached hydrogens (tertiary/aromatic N) is 2. The zero-order valence-electron chi connectivity index (χ0n) is 17.9. The Kier molecular flexibility index (Phi) is 5.65. The molecule has 0 aliphatic carbocycles. The minimum Gasteiger partial charge on any atom is -0.496 e. The normalized spacial score (nSPS) is 18.5. The second-order valence-corrected chi connectivity index (χ2v) is 7.75. The van der Waals surface area contributed by atoms with Gasteiger partial charge in [0.25, 0.3) is 5.91 Å². The first-order valence-corrected chi connectivity index (χ1v) is 10.3. The maximum atomic E-state index is 12.7. The summed E-state index contributed by atoms with van der Waals surface area (Å²) in [4.78, 5) is 14.7. The predicted molar refractivity (Wildman–Crippen MR) is 120 cm³/mol. The third kappa shape index (κ3) is 3.74. The van der Waals surface area contributed by atoms with Crippen LogP contribution in [0, 0.1) is 0 Å². The second-order valence-electron chi connectivity index (χ2n) is 7.75. The van der Waals surface area contributed by atoms with Gasteiger partial charge in [-0.05, 0) is 43.3 Å². The lowest BCUT2D eigenvalue weighted by molar-refractivity contribution is 0.0932. The summed E-state index contributed by atoms with van der Waals surface area (Å²) in [7, 11) is 5.63. The maximum Gasteiger partial charge on any atom is 0.252 e. The van der Waals surface area contributed by atoms with E-state index in [1.165, 1.54) is 5.69 Å². The first-order chi connectivity index (χ1) is 14.5. The van der Waals surface area contributed by atoms with Crippen molar-refractivity contribution in [1.82, 2.24) is 20.7 Å². The highest BCUT2D eigenvalue weighted by Gasteiger charge is 2.29. The Morgan fingerprint density at radius 1 is 1.20 bits per heavy atom. The van der Waals surface area contributed by atoms with E-state index in [1.54, 1.807) is 7.11 Å². The highest BCUT2D eigenvalue weighted by Crippen LogP contribution is 2.33. The number of nitrogens with one attached hydrogen (secondary N) is 3. The van der Waals surface area contributed by atoms with E-state index in [4.69, 9.17) is 4.74 Å². The minimum atomic E-state index is -0.157. The molecule has 3 aromatic rings. The van der Waals surface area contributed by atoms with Gasteiger partial charge in [0, 0.05) is 49.4 Å². The van der Waals surface area contributed by atoms with Crippen molar-refractivity contribution in [3.8, 4) is 5.75 Å². The molecule has 1 amide bonds. The molecule has 0 spiro atoms. The van der Waals surface area contributed by atoms with E-state index in [-0.39, 0.29) is 18.1 Å². The van der Waals surface area contributed by atoms with Crippen molar-refractivity contribution >= 4 is 22.5 Å². The lowest BCUT2D eigenvalue weighted by atomic mass is 10.1. The van der Waals surface area contributed by atoms with E-state index < -0.39 is 0 Å². The highest BCUT2D eigenvalue weighted by molar-refractivity contribution is 5.95. The molecule has 2 heterocycles. The summed E-state index contributed by atoms with van der Waals surface area (Å²) in [6.45, 7) is 3.00. The number of carbonyl (C=O) groups excluding carboxylic acids is 1. The number of aryl methyl sites for hydroxylation is 1. The number of fused-ring (bicyclic) bond motifs is 1. The van der Waals surface area contributed by atoms with Crippen LogP contribution >= 0.6 is 0 Å². The highest BCUT2D eigenvalue weighted by atomic mass is 16.5. The molecule has 4 rings (SSSR count). The molecule has 2 aromatic carbocycles. The van der Waals surface area contributed by atoms with Crippen LogP contribution in [0.2, 0.25) is 0 Å². The van der Waals surface area contributed by atoms with Crippen LogP contribution in [0.5, 0.6) is 5.75 Å². The lowest BCUT2D eigenvalue weighted by Gasteiger charge is -2.16. The van der Waals surface area contributed by atoms with E-state index in [0.29, 0.717) is 5.56 Å². The monoisotopic (exact) mass is 407 g/mol. The van der Waals surface area contributed by atoms with Gasteiger partial charge in [-0.15, -0.1) is 0 Å². The van der Waals surface area contributed by atoms with Crippen molar-refractivity contribution in [1.29, 1.82) is 0 Å². The Hall–Kier alpha value is -3.03. The van der Waals surface area contributed by atoms with Crippen molar-refractivity contribution in [3.05, 3.63) is 59.8 Å². The van der Waals surface area contributed by atoms with Gasteiger partial charge in [0.2, 0.25) is 0 Å². The number of benzene rings is 2. The third-order valence-corrected chi connectivity index (χ3v) is 5.66. The Morgan fingerprint density at radius 3 is 2.73 bits per heavy atom. The van der Waals surface area contributed by atoms with Crippen molar-refractivity contribution in [2.45, 2.75) is 32.1 Å². The zero-order chi connectivity index (χ0) is 21.3. The molecule has 2 atom stereocenters. The van der Waals surface area contributed by atoms with Gasteiger partial charge in [-0.1, -0.05) is 12.1 Å². The minimum absolute atomic E-state index is 0.0838. The van der Waals surface area contributed by atoms with Crippen molar-refractivity contribution in [2.75, 3.05) is 26.1 Å². The van der Waals surface area contributed by atoms with Gasteiger partial charge >= 0.3 is 0 Å². The summed E-state index contributed by atoms with van der Waals surface area (Å²) in [6.07, 6.45) is 0.591. The van der Waals surface area contributed by atoms with Gasteiger partial charge in [0.05, 0.1) is 24.8 Å². The van der Waals surface area contributed by atoms with Crippen molar-refractivity contribution in [2.24, 2.45) is 0 Å². The molecule has 1 aliphatic heterocycles. The summed E-state index contributed by atoms with van der Waals surface area (Å²) in [5.41, 5.74) is 10.6. The number of ether oxygens (including phenoxy) is 1. The van der Waals surface area contributed by atoms with Crippen LogP contribution in [-0.4, -0.2) is 37.8 Å². The average Bonchev–Trinajstić information content (AvgIpc) is 3.37. The Morgan fingerprint density at radius 2 is 2.00 bits per heavy atom. The Balaban J connectivity index is 1.51. The van der Waals surface area contributed by atoms with Crippen molar-refractivity contribution in [3.63, 3.8) is 0 Å². The first-order valence-electron chi connectivity index (χ1n) is 10.3. The fraction of sp³-hybridized carbons (Fsp3) is 0.348. The van der Waals surface area contributed by atoms with Crippen LogP contribution in [0.4, 0.5) is 5.69 Å². The van der Waals surface area contributed by atoms with E-state index in [9.17, 15) is 4.79 Å². The summed E-state index contributed by atoms with van der Waals surface area (Å²) in [5, 5.41) is 4.19. The SMILES string of the molecule is CCn1c(C2CC(NC(=O)c3cccc(N(C)C)c3)NN2)cc2c(OC)cccc21. The molecule has 30 heavy (non-hydrogen) atoms. The molecule has 1 aliphatic rings. The van der Waals surface area contributed by atoms with Crippen LogP contribution in [0.25, 0.3) is 10.9 Å². The number of methoxy groups -OCH3 is 1. The average molecular weight is 408 g/mol. The van der Waals surface area contributed by atoms with Crippen LogP contribution in [-0.2, 0) is 6.54 Å². The number of aromatic nitrogens is 1. The van der Waals surface area contributed by atoms with E-state index in [2.05, 4.69) is 39.8 Å². The molecule has 1 aromatic heterocycles. The maximum absolute atomic E-state index is 12.7. The van der Waals surface area contributed by atoms with E-state index in [1.807, 2.05) is 55.4 Å². The van der Waals surface area contributed by atoms with Gasteiger partial charge in [-0.25, -0.2) is 10.9 Å². The molecule has 7 nitrogen and oxygen atoms in total. The number of hydrogen-bond donors (Lipinski definition) is 3. The number of hydrazine groups is 1. The summed E-state index contributed by atoms with van der Waals surface area (Å²) in [5.74, 6) is 0.786. The van der Waals surface area contributed by atoms with Gasteiger partial charge in [0.1, 0.15) is 5.75 Å². The van der Waals surface area contributed by atoms with Crippen LogP contribution in [0.3, 0.4) is 0 Å².